The van der Waals surface area contributed by atoms with E-state index in [9.17, 15) is 18.4 Å². The summed E-state index contributed by atoms with van der Waals surface area (Å²) in [6, 6.07) is 11.3. The number of amides is 3. The van der Waals surface area contributed by atoms with E-state index < -0.39 is 36.2 Å². The zero-order valence-corrected chi connectivity index (χ0v) is 16.3. The van der Waals surface area contributed by atoms with Gasteiger partial charge in [-0.3, -0.25) is 4.79 Å². The molecule has 9 heteroatoms. The summed E-state index contributed by atoms with van der Waals surface area (Å²) in [5.41, 5.74) is -0.257. The number of halogens is 2. The lowest BCUT2D eigenvalue weighted by Gasteiger charge is -2.34. The number of imide groups is 1. The molecule has 1 aliphatic carbocycles. The van der Waals surface area contributed by atoms with Crippen LogP contribution in [0, 0.1) is 11.3 Å². The molecule has 158 valence electrons. The molecule has 0 atom stereocenters. The minimum atomic E-state index is -2.80. The molecule has 0 unspecified atom stereocenters. The minimum absolute atomic E-state index is 0.0842. The number of alkyl halides is 2. The van der Waals surface area contributed by atoms with Crippen LogP contribution in [-0.4, -0.2) is 33.3 Å². The Hall–Kier alpha value is -3.80. The fraction of sp³-hybridized carbons (Fsp3) is 0.273. The molecule has 1 aromatic carbocycles. The lowest BCUT2D eigenvalue weighted by atomic mass is 9.80. The van der Waals surface area contributed by atoms with Gasteiger partial charge in [0.05, 0.1) is 0 Å². The van der Waals surface area contributed by atoms with Gasteiger partial charge in [-0.1, -0.05) is 12.1 Å². The molecular weight excluding hydrogens is 406 g/mol. The fourth-order valence-electron chi connectivity index (χ4n) is 3.63. The number of urea groups is 1. The Morgan fingerprint density at radius 3 is 2.52 bits per heavy atom. The van der Waals surface area contributed by atoms with Crippen molar-refractivity contribution in [2.24, 2.45) is 0 Å². The number of hydrogen-bond acceptors (Lipinski definition) is 5. The van der Waals surface area contributed by atoms with E-state index in [-0.39, 0.29) is 18.7 Å². The van der Waals surface area contributed by atoms with Gasteiger partial charge in [0.25, 0.3) is 5.91 Å². The molecule has 1 aromatic heterocycles. The van der Waals surface area contributed by atoms with Crippen molar-refractivity contribution in [1.29, 1.82) is 5.26 Å². The number of nitrogens with one attached hydrogen (secondary N) is 1. The fourth-order valence-corrected chi connectivity index (χ4v) is 3.63. The summed E-state index contributed by atoms with van der Waals surface area (Å²) < 4.78 is 32.5. The molecule has 31 heavy (non-hydrogen) atoms. The molecule has 2 aromatic rings. The molecular formula is C22H18F2N4O3. The molecule has 2 aliphatic rings. The summed E-state index contributed by atoms with van der Waals surface area (Å²) in [6.07, 6.45) is 3.40. The number of aromatic nitrogens is 1. The molecule has 7 nitrogen and oxygen atoms in total. The Labute approximate surface area is 176 Å². The zero-order valence-electron chi connectivity index (χ0n) is 16.3. The second-order valence-corrected chi connectivity index (χ2v) is 7.50. The predicted octanol–water partition coefficient (Wildman–Crippen LogP) is 4.22. The lowest BCUT2D eigenvalue weighted by molar-refractivity contribution is -0.134. The van der Waals surface area contributed by atoms with Crippen LogP contribution >= 0.6 is 0 Å². The van der Waals surface area contributed by atoms with Gasteiger partial charge in [-0.25, -0.2) is 23.5 Å². The van der Waals surface area contributed by atoms with Crippen LogP contribution in [0.2, 0.25) is 0 Å². The maximum Gasteiger partial charge on any atom is 0.329 e. The largest absolute Gasteiger partial charge is 0.438 e. The van der Waals surface area contributed by atoms with Crippen LogP contribution in [0.5, 0.6) is 11.6 Å². The maximum atomic E-state index is 13.5. The summed E-state index contributed by atoms with van der Waals surface area (Å²) in [5.74, 6) is -2.66. The van der Waals surface area contributed by atoms with Crippen molar-refractivity contribution in [3.8, 4) is 17.7 Å². The highest BCUT2D eigenvalue weighted by atomic mass is 19.3. The first-order valence-corrected chi connectivity index (χ1v) is 9.67. The molecule has 2 heterocycles. The van der Waals surface area contributed by atoms with Crippen LogP contribution in [0.3, 0.4) is 0 Å². The van der Waals surface area contributed by atoms with Crippen molar-refractivity contribution in [3.63, 3.8) is 0 Å². The lowest BCUT2D eigenvalue weighted by Crippen LogP contribution is -2.51. The molecule has 0 bridgehead atoms. The molecule has 1 saturated heterocycles. The third kappa shape index (κ3) is 4.10. The van der Waals surface area contributed by atoms with Crippen LogP contribution in [0.1, 0.15) is 36.8 Å². The molecule has 1 spiro atoms. The average Bonchev–Trinajstić information content (AvgIpc) is 3.00. The molecule has 1 saturated carbocycles. The number of nitrogens with zero attached hydrogens (tertiary/aromatic N) is 3. The standard InChI is InChI=1S/C22H18F2N4O3/c23-22(24)10-8-21(9-11-22)19(29)28(20(30)27-21)13-7-15-3-5-17(6-4-15)31-18-16(14-25)2-1-12-26-18/h1-7,12-13H,8-11H2,(H,27,30). The summed E-state index contributed by atoms with van der Waals surface area (Å²) in [6.45, 7) is 0. The number of pyridine rings is 1. The molecule has 2 fully saturated rings. The van der Waals surface area contributed by atoms with Gasteiger partial charge in [0, 0.05) is 25.2 Å². The van der Waals surface area contributed by atoms with E-state index in [2.05, 4.69) is 10.3 Å². The van der Waals surface area contributed by atoms with Crippen LogP contribution in [-0.2, 0) is 4.79 Å². The van der Waals surface area contributed by atoms with Crippen LogP contribution in [0.15, 0.2) is 48.8 Å². The van der Waals surface area contributed by atoms with Crippen LogP contribution in [0.4, 0.5) is 13.6 Å². The average molecular weight is 424 g/mol. The highest BCUT2D eigenvalue weighted by Crippen LogP contribution is 2.41. The second kappa shape index (κ2) is 7.80. The van der Waals surface area contributed by atoms with Gasteiger partial charge in [-0.2, -0.15) is 5.26 Å². The van der Waals surface area contributed by atoms with Crippen molar-refractivity contribution in [2.75, 3.05) is 0 Å². The minimum Gasteiger partial charge on any atom is -0.438 e. The molecule has 0 radical (unpaired) electrons. The highest BCUT2D eigenvalue weighted by molar-refractivity contribution is 6.08. The number of carbonyl (C=O) groups excluding carboxylic acids is 2. The third-order valence-electron chi connectivity index (χ3n) is 5.43. The Bertz CT molecular complexity index is 1080. The zero-order chi connectivity index (χ0) is 22.1. The SMILES string of the molecule is N#Cc1cccnc1Oc1ccc(C=CN2C(=O)NC3(CCC(F)(F)CC3)C2=O)cc1. The second-order valence-electron chi connectivity index (χ2n) is 7.50. The first-order valence-electron chi connectivity index (χ1n) is 9.67. The highest BCUT2D eigenvalue weighted by Gasteiger charge is 2.55. The van der Waals surface area contributed by atoms with E-state index >= 15 is 0 Å². The first kappa shape index (κ1) is 20.5. The molecule has 4 rings (SSSR count). The van der Waals surface area contributed by atoms with Crippen LogP contribution < -0.4 is 10.1 Å². The van der Waals surface area contributed by atoms with Crippen molar-refractivity contribution in [1.82, 2.24) is 15.2 Å². The van der Waals surface area contributed by atoms with E-state index in [4.69, 9.17) is 10.00 Å². The Balaban J connectivity index is 1.44. The van der Waals surface area contributed by atoms with Gasteiger partial charge < -0.3 is 10.1 Å². The van der Waals surface area contributed by atoms with Gasteiger partial charge in [-0.15, -0.1) is 0 Å². The third-order valence-corrected chi connectivity index (χ3v) is 5.43. The summed E-state index contributed by atoms with van der Waals surface area (Å²) in [5, 5.41) is 11.7. The Morgan fingerprint density at radius 1 is 1.13 bits per heavy atom. The van der Waals surface area contributed by atoms with E-state index in [1.54, 1.807) is 42.5 Å². The van der Waals surface area contributed by atoms with Gasteiger partial charge in [0.2, 0.25) is 11.8 Å². The summed E-state index contributed by atoms with van der Waals surface area (Å²) in [7, 11) is 0. The number of rotatable bonds is 4. The van der Waals surface area contributed by atoms with Gasteiger partial charge >= 0.3 is 6.03 Å². The summed E-state index contributed by atoms with van der Waals surface area (Å²) >= 11 is 0. The van der Waals surface area contributed by atoms with E-state index in [1.807, 2.05) is 6.07 Å². The van der Waals surface area contributed by atoms with Gasteiger partial charge in [0.1, 0.15) is 22.9 Å². The normalized spacial score (nSPS) is 19.5. The Morgan fingerprint density at radius 2 is 1.84 bits per heavy atom. The molecule has 3 amide bonds. The van der Waals surface area contributed by atoms with E-state index in [0.717, 1.165) is 4.90 Å². The smallest absolute Gasteiger partial charge is 0.329 e. The Kier molecular flexibility index (Phi) is 5.15. The van der Waals surface area contributed by atoms with Gasteiger partial charge in [0.15, 0.2) is 0 Å². The van der Waals surface area contributed by atoms with Crippen LogP contribution in [0.25, 0.3) is 6.08 Å². The van der Waals surface area contributed by atoms with Gasteiger partial charge in [-0.05, 0) is 48.7 Å². The number of hydrogen-bond donors (Lipinski definition) is 1. The monoisotopic (exact) mass is 424 g/mol. The van der Waals surface area contributed by atoms with Crippen molar-refractivity contribution in [3.05, 3.63) is 59.9 Å². The molecule has 1 aliphatic heterocycles. The predicted molar refractivity (Wildman–Crippen MR) is 106 cm³/mol. The maximum absolute atomic E-state index is 13.5. The number of carbonyl (C=O) groups is 2. The topological polar surface area (TPSA) is 95.3 Å². The first-order chi connectivity index (χ1) is 14.8. The quantitative estimate of drug-likeness (QED) is 0.742. The van der Waals surface area contributed by atoms with E-state index in [1.165, 1.54) is 12.4 Å². The molecule has 1 N–H and O–H groups in total. The summed E-state index contributed by atoms with van der Waals surface area (Å²) in [4.78, 5) is 30.0. The van der Waals surface area contributed by atoms with Crippen molar-refractivity contribution < 1.29 is 23.1 Å². The number of nitriles is 1. The number of benzene rings is 1. The van der Waals surface area contributed by atoms with Crippen molar-refractivity contribution >= 4 is 18.0 Å². The van der Waals surface area contributed by atoms with E-state index in [0.29, 0.717) is 16.9 Å². The van der Waals surface area contributed by atoms with Crippen molar-refractivity contribution in [2.45, 2.75) is 37.1 Å². The number of ether oxygens (including phenoxy) is 1.